The fraction of sp³-hybridized carbons (Fsp3) is 0.357. The molecule has 0 unspecified atom stereocenters. The summed E-state index contributed by atoms with van der Waals surface area (Å²) < 4.78 is 33.4. The predicted octanol–water partition coefficient (Wildman–Crippen LogP) is 1.68. The van der Waals surface area contributed by atoms with Gasteiger partial charge in [-0.25, -0.2) is 13.2 Å². The zero-order chi connectivity index (χ0) is 15.2. The van der Waals surface area contributed by atoms with Crippen molar-refractivity contribution >= 4 is 21.4 Å². The minimum absolute atomic E-state index is 0.0817. The van der Waals surface area contributed by atoms with Crippen molar-refractivity contribution in [3.8, 4) is 0 Å². The highest BCUT2D eigenvalue weighted by Crippen LogP contribution is 2.18. The van der Waals surface area contributed by atoms with Crippen LogP contribution in [0.15, 0.2) is 35.7 Å². The Bertz CT molecular complexity index is 572. The Morgan fingerprint density at radius 1 is 1.25 bits per heavy atom. The summed E-state index contributed by atoms with van der Waals surface area (Å²) in [5, 5.41) is 0. The number of hydrogen-bond donors (Lipinski definition) is 0. The molecule has 0 saturated heterocycles. The molecular weight excluding hydrogens is 280 g/mol. The summed E-state index contributed by atoms with van der Waals surface area (Å²) in [6, 6.07) is 5.98. The van der Waals surface area contributed by atoms with Crippen molar-refractivity contribution in [3.05, 3.63) is 36.4 Å². The molecule has 1 aromatic carbocycles. The van der Waals surface area contributed by atoms with Gasteiger partial charge in [-0.1, -0.05) is 18.7 Å². The quantitative estimate of drug-likeness (QED) is 0.566. The standard InChI is InChI=1S/C14H18O5S/c1-4-19-14(15)11(2)12-5-7-13(8-6-12)20(16,17)10-9-18-3/h5-8H,2,4,9-10H2,1,3H3. The van der Waals surface area contributed by atoms with Gasteiger partial charge in [0.05, 0.1) is 29.4 Å². The molecule has 0 amide bonds. The second-order valence-corrected chi connectivity index (χ2v) is 6.14. The predicted molar refractivity (Wildman–Crippen MR) is 76.0 cm³/mol. The van der Waals surface area contributed by atoms with Crippen molar-refractivity contribution in [1.82, 2.24) is 0 Å². The van der Waals surface area contributed by atoms with Gasteiger partial charge in [-0.15, -0.1) is 0 Å². The Hall–Kier alpha value is -1.66. The van der Waals surface area contributed by atoms with Gasteiger partial charge in [0.25, 0.3) is 0 Å². The molecule has 0 atom stereocenters. The van der Waals surface area contributed by atoms with Crippen LogP contribution < -0.4 is 0 Å². The lowest BCUT2D eigenvalue weighted by molar-refractivity contribution is -0.136. The first-order valence-corrected chi connectivity index (χ1v) is 7.75. The maximum Gasteiger partial charge on any atom is 0.338 e. The Balaban J connectivity index is 2.89. The van der Waals surface area contributed by atoms with Crippen molar-refractivity contribution in [2.45, 2.75) is 11.8 Å². The van der Waals surface area contributed by atoms with E-state index in [1.54, 1.807) is 19.1 Å². The number of carbonyl (C=O) groups is 1. The monoisotopic (exact) mass is 298 g/mol. The summed E-state index contributed by atoms with van der Waals surface area (Å²) in [7, 11) is -1.92. The summed E-state index contributed by atoms with van der Waals surface area (Å²) in [6.07, 6.45) is 0. The fourth-order valence-corrected chi connectivity index (χ4v) is 2.68. The second kappa shape index (κ2) is 7.21. The highest BCUT2D eigenvalue weighted by Gasteiger charge is 2.15. The van der Waals surface area contributed by atoms with Crippen LogP contribution in [0.3, 0.4) is 0 Å². The number of rotatable bonds is 7. The maximum atomic E-state index is 11.9. The smallest absolute Gasteiger partial charge is 0.338 e. The zero-order valence-corrected chi connectivity index (χ0v) is 12.4. The fourth-order valence-electron chi connectivity index (χ4n) is 1.51. The lowest BCUT2D eigenvalue weighted by Gasteiger charge is -2.07. The van der Waals surface area contributed by atoms with Crippen molar-refractivity contribution < 1.29 is 22.7 Å². The number of methoxy groups -OCH3 is 1. The number of hydrogen-bond acceptors (Lipinski definition) is 5. The molecule has 0 aromatic heterocycles. The lowest BCUT2D eigenvalue weighted by Crippen LogP contribution is -2.11. The minimum atomic E-state index is -3.37. The second-order valence-electron chi connectivity index (χ2n) is 4.04. The van der Waals surface area contributed by atoms with E-state index in [0.29, 0.717) is 5.56 Å². The van der Waals surface area contributed by atoms with Crippen LogP contribution in [0.1, 0.15) is 12.5 Å². The topological polar surface area (TPSA) is 69.7 Å². The molecule has 0 heterocycles. The van der Waals surface area contributed by atoms with E-state index in [0.717, 1.165) is 0 Å². The van der Waals surface area contributed by atoms with Crippen molar-refractivity contribution in [2.24, 2.45) is 0 Å². The Morgan fingerprint density at radius 2 is 1.85 bits per heavy atom. The molecule has 0 N–H and O–H groups in total. The highest BCUT2D eigenvalue weighted by molar-refractivity contribution is 7.91. The van der Waals surface area contributed by atoms with Crippen LogP contribution in [0.2, 0.25) is 0 Å². The molecule has 110 valence electrons. The first kappa shape index (κ1) is 16.4. The molecule has 20 heavy (non-hydrogen) atoms. The number of ether oxygens (including phenoxy) is 2. The molecule has 0 bridgehead atoms. The zero-order valence-electron chi connectivity index (χ0n) is 11.6. The van der Waals surface area contributed by atoms with Gasteiger partial charge in [0.2, 0.25) is 0 Å². The lowest BCUT2D eigenvalue weighted by atomic mass is 10.1. The molecule has 5 nitrogen and oxygen atoms in total. The van der Waals surface area contributed by atoms with E-state index in [2.05, 4.69) is 6.58 Å². The molecule has 1 aromatic rings. The van der Waals surface area contributed by atoms with Gasteiger partial charge < -0.3 is 9.47 Å². The summed E-state index contributed by atoms with van der Waals surface area (Å²) in [5.41, 5.74) is 0.738. The van der Waals surface area contributed by atoms with E-state index < -0.39 is 15.8 Å². The highest BCUT2D eigenvalue weighted by atomic mass is 32.2. The minimum Gasteiger partial charge on any atom is -0.462 e. The van der Waals surface area contributed by atoms with E-state index in [1.165, 1.54) is 19.2 Å². The maximum absolute atomic E-state index is 11.9. The van der Waals surface area contributed by atoms with Crippen LogP contribution in [0.25, 0.3) is 5.57 Å². The van der Waals surface area contributed by atoms with Crippen LogP contribution in [-0.4, -0.2) is 40.5 Å². The van der Waals surface area contributed by atoms with E-state index in [4.69, 9.17) is 9.47 Å². The van der Waals surface area contributed by atoms with E-state index >= 15 is 0 Å². The number of esters is 1. The van der Waals surface area contributed by atoms with Crippen LogP contribution in [0.5, 0.6) is 0 Å². The van der Waals surface area contributed by atoms with Crippen molar-refractivity contribution in [3.63, 3.8) is 0 Å². The largest absolute Gasteiger partial charge is 0.462 e. The molecule has 0 fully saturated rings. The van der Waals surface area contributed by atoms with Crippen LogP contribution in [0, 0.1) is 0 Å². The first-order chi connectivity index (χ1) is 9.42. The Kier molecular flexibility index (Phi) is 5.91. The number of carbonyl (C=O) groups excluding carboxylic acids is 1. The van der Waals surface area contributed by atoms with Gasteiger partial charge in [0, 0.05) is 7.11 Å². The SMILES string of the molecule is C=C(C(=O)OCC)c1ccc(S(=O)(=O)CCOC)cc1. The summed E-state index contributed by atoms with van der Waals surface area (Å²) in [5.74, 6) is -0.593. The molecule has 0 radical (unpaired) electrons. The normalized spacial score (nSPS) is 11.1. The third kappa shape index (κ3) is 4.18. The van der Waals surface area contributed by atoms with E-state index in [1.807, 2.05) is 0 Å². The van der Waals surface area contributed by atoms with Crippen LogP contribution in [0.4, 0.5) is 0 Å². The third-order valence-electron chi connectivity index (χ3n) is 2.64. The molecular formula is C14H18O5S. The average Bonchev–Trinajstić information content (AvgIpc) is 2.45. The van der Waals surface area contributed by atoms with Gasteiger partial charge >= 0.3 is 5.97 Å². The van der Waals surface area contributed by atoms with Gasteiger partial charge in [-0.05, 0) is 24.6 Å². The molecule has 1 rings (SSSR count). The molecule has 6 heteroatoms. The Morgan fingerprint density at radius 3 is 2.35 bits per heavy atom. The van der Waals surface area contributed by atoms with Gasteiger partial charge in [0.1, 0.15) is 0 Å². The number of sulfone groups is 1. The average molecular weight is 298 g/mol. The van der Waals surface area contributed by atoms with Crippen LogP contribution in [-0.2, 0) is 24.1 Å². The molecule has 0 spiro atoms. The molecule has 0 aliphatic carbocycles. The molecule has 0 aliphatic rings. The molecule has 0 saturated carbocycles. The summed E-state index contributed by atoms with van der Waals surface area (Å²) >= 11 is 0. The van der Waals surface area contributed by atoms with Crippen molar-refractivity contribution in [1.29, 1.82) is 0 Å². The summed E-state index contributed by atoms with van der Waals surface area (Å²) in [4.78, 5) is 11.7. The summed E-state index contributed by atoms with van der Waals surface area (Å²) in [6.45, 7) is 5.75. The van der Waals surface area contributed by atoms with Gasteiger partial charge in [-0.3, -0.25) is 0 Å². The van der Waals surface area contributed by atoms with Crippen molar-refractivity contribution in [2.75, 3.05) is 26.1 Å². The van der Waals surface area contributed by atoms with Gasteiger partial charge in [-0.2, -0.15) is 0 Å². The van der Waals surface area contributed by atoms with Crippen LogP contribution >= 0.6 is 0 Å². The number of benzene rings is 1. The first-order valence-electron chi connectivity index (χ1n) is 6.10. The third-order valence-corrected chi connectivity index (χ3v) is 4.33. The van der Waals surface area contributed by atoms with Gasteiger partial charge in [0.15, 0.2) is 9.84 Å². The van der Waals surface area contributed by atoms with E-state index in [-0.39, 0.29) is 29.4 Å². The molecule has 0 aliphatic heterocycles. The van der Waals surface area contributed by atoms with E-state index in [9.17, 15) is 13.2 Å². The Labute approximate surface area is 119 Å².